The van der Waals surface area contributed by atoms with E-state index in [4.69, 9.17) is 5.11 Å². The molecular weight excluding hydrogens is 262 g/mol. The normalized spacial score (nSPS) is 17.9. The van der Waals surface area contributed by atoms with Crippen LogP contribution in [0.1, 0.15) is 48.6 Å². The largest absolute Gasteiger partial charge is 0.476 e. The van der Waals surface area contributed by atoms with Gasteiger partial charge in [-0.3, -0.25) is 0 Å². The Morgan fingerprint density at radius 3 is 2.60 bits per heavy atom. The lowest BCUT2D eigenvalue weighted by Crippen LogP contribution is -2.14. The molecule has 1 aliphatic carbocycles. The van der Waals surface area contributed by atoms with Gasteiger partial charge in [0.1, 0.15) is 4.60 Å². The van der Waals surface area contributed by atoms with Crippen molar-refractivity contribution in [2.45, 2.75) is 38.1 Å². The van der Waals surface area contributed by atoms with Gasteiger partial charge in [-0.15, -0.1) is 5.10 Å². The minimum absolute atomic E-state index is 0.000531. The third kappa shape index (κ3) is 2.04. The molecule has 6 heteroatoms. The van der Waals surface area contributed by atoms with E-state index >= 15 is 0 Å². The molecule has 0 atom stereocenters. The number of halogens is 1. The highest BCUT2D eigenvalue weighted by Crippen LogP contribution is 2.30. The second-order valence-electron chi connectivity index (χ2n) is 3.77. The van der Waals surface area contributed by atoms with Crippen molar-refractivity contribution >= 4 is 21.9 Å². The Hall–Kier alpha value is -0.910. The van der Waals surface area contributed by atoms with Gasteiger partial charge in [0.05, 0.1) is 6.04 Å². The Morgan fingerprint density at radius 2 is 2.07 bits per heavy atom. The molecule has 0 radical (unpaired) electrons. The molecule has 1 fully saturated rings. The number of carbonyl (C=O) groups is 1. The van der Waals surface area contributed by atoms with E-state index in [1.54, 1.807) is 4.68 Å². The van der Waals surface area contributed by atoms with Gasteiger partial charge in [-0.2, -0.15) is 0 Å². The van der Waals surface area contributed by atoms with Crippen molar-refractivity contribution in [1.82, 2.24) is 15.0 Å². The first kappa shape index (κ1) is 10.6. The molecule has 0 bridgehead atoms. The highest BCUT2D eigenvalue weighted by Gasteiger charge is 2.23. The summed E-state index contributed by atoms with van der Waals surface area (Å²) in [6.07, 6.45) is 5.73. The second-order valence-corrected chi connectivity index (χ2v) is 4.52. The molecule has 1 N–H and O–H groups in total. The fraction of sp³-hybridized carbons (Fsp3) is 0.667. The van der Waals surface area contributed by atoms with Gasteiger partial charge >= 0.3 is 5.97 Å². The van der Waals surface area contributed by atoms with Gasteiger partial charge in [0.2, 0.25) is 5.69 Å². The van der Waals surface area contributed by atoms with Gasteiger partial charge < -0.3 is 5.11 Å². The fourth-order valence-corrected chi connectivity index (χ4v) is 2.58. The Balaban J connectivity index is 2.24. The molecule has 1 saturated carbocycles. The molecule has 1 heterocycles. The van der Waals surface area contributed by atoms with Crippen LogP contribution in [0.3, 0.4) is 0 Å². The summed E-state index contributed by atoms with van der Waals surface area (Å²) in [6.45, 7) is 0. The number of hydrogen-bond donors (Lipinski definition) is 1. The highest BCUT2D eigenvalue weighted by atomic mass is 79.9. The lowest BCUT2D eigenvalue weighted by molar-refractivity contribution is 0.0689. The predicted molar refractivity (Wildman–Crippen MR) is 56.8 cm³/mol. The molecule has 0 aromatic carbocycles. The van der Waals surface area contributed by atoms with E-state index in [0.717, 1.165) is 12.8 Å². The zero-order valence-corrected chi connectivity index (χ0v) is 9.77. The lowest BCUT2D eigenvalue weighted by atomic mass is 9.96. The topological polar surface area (TPSA) is 68.0 Å². The zero-order chi connectivity index (χ0) is 10.8. The average molecular weight is 274 g/mol. The first-order chi connectivity index (χ1) is 7.20. The van der Waals surface area contributed by atoms with Crippen LogP contribution in [0.2, 0.25) is 0 Å². The smallest absolute Gasteiger partial charge is 0.359 e. The van der Waals surface area contributed by atoms with Gasteiger partial charge in [0, 0.05) is 0 Å². The lowest BCUT2D eigenvalue weighted by Gasteiger charge is -2.21. The molecule has 0 unspecified atom stereocenters. The maximum Gasteiger partial charge on any atom is 0.359 e. The molecule has 1 aliphatic rings. The molecule has 1 aromatic heterocycles. The van der Waals surface area contributed by atoms with Crippen LogP contribution >= 0.6 is 15.9 Å². The minimum atomic E-state index is -1.04. The maximum absolute atomic E-state index is 10.8. The summed E-state index contributed by atoms with van der Waals surface area (Å²) in [6, 6.07) is 0.300. The quantitative estimate of drug-likeness (QED) is 0.898. The van der Waals surface area contributed by atoms with Gasteiger partial charge in [0.15, 0.2) is 0 Å². The third-order valence-corrected chi connectivity index (χ3v) is 3.50. The molecular formula is C9H12BrN3O2. The molecule has 0 aliphatic heterocycles. The van der Waals surface area contributed by atoms with Gasteiger partial charge in [-0.25, -0.2) is 9.48 Å². The molecule has 15 heavy (non-hydrogen) atoms. The number of carboxylic acid groups (broad SMARTS) is 1. The fourth-order valence-electron chi connectivity index (χ4n) is 1.97. The van der Waals surface area contributed by atoms with Crippen LogP contribution in [0.15, 0.2) is 4.60 Å². The summed E-state index contributed by atoms with van der Waals surface area (Å²) in [4.78, 5) is 10.8. The van der Waals surface area contributed by atoms with Crippen LogP contribution in [0.4, 0.5) is 0 Å². The molecule has 2 rings (SSSR count). The molecule has 0 spiro atoms. The van der Waals surface area contributed by atoms with E-state index in [1.807, 2.05) is 0 Å². The first-order valence-electron chi connectivity index (χ1n) is 5.04. The van der Waals surface area contributed by atoms with Crippen molar-refractivity contribution in [3.8, 4) is 0 Å². The molecule has 5 nitrogen and oxygen atoms in total. The van der Waals surface area contributed by atoms with E-state index < -0.39 is 5.97 Å². The minimum Gasteiger partial charge on any atom is -0.476 e. The van der Waals surface area contributed by atoms with E-state index in [9.17, 15) is 4.79 Å². The van der Waals surface area contributed by atoms with E-state index in [-0.39, 0.29) is 5.69 Å². The molecule has 0 saturated heterocycles. The summed E-state index contributed by atoms with van der Waals surface area (Å²) < 4.78 is 2.18. The second kappa shape index (κ2) is 4.30. The van der Waals surface area contributed by atoms with Gasteiger partial charge in [0.25, 0.3) is 0 Å². The summed E-state index contributed by atoms with van der Waals surface area (Å²) in [5, 5.41) is 16.4. The standard InChI is InChI=1S/C9H12BrN3O2/c10-8-7(9(14)15)11-12-13(8)6-4-2-1-3-5-6/h6H,1-5H2,(H,14,15). The Kier molecular flexibility index (Phi) is 3.04. The molecule has 82 valence electrons. The summed E-state index contributed by atoms with van der Waals surface area (Å²) >= 11 is 3.24. The van der Waals surface area contributed by atoms with E-state index in [0.29, 0.717) is 10.6 Å². The zero-order valence-electron chi connectivity index (χ0n) is 8.19. The Labute approximate surface area is 95.6 Å². The van der Waals surface area contributed by atoms with Crippen molar-refractivity contribution in [3.05, 3.63) is 10.3 Å². The summed E-state index contributed by atoms with van der Waals surface area (Å²) in [7, 11) is 0. The van der Waals surface area contributed by atoms with Crippen LogP contribution in [0.25, 0.3) is 0 Å². The Morgan fingerprint density at radius 1 is 1.40 bits per heavy atom. The first-order valence-corrected chi connectivity index (χ1v) is 5.83. The van der Waals surface area contributed by atoms with Crippen molar-refractivity contribution < 1.29 is 9.90 Å². The van der Waals surface area contributed by atoms with Crippen molar-refractivity contribution in [3.63, 3.8) is 0 Å². The molecule has 0 amide bonds. The summed E-state index contributed by atoms with van der Waals surface area (Å²) in [5.74, 6) is -1.04. The van der Waals surface area contributed by atoms with E-state index in [2.05, 4.69) is 26.2 Å². The summed E-state index contributed by atoms with van der Waals surface area (Å²) in [5.41, 5.74) is 0.000531. The SMILES string of the molecule is O=C(O)c1nnn(C2CCCCC2)c1Br. The predicted octanol–water partition coefficient (Wildman–Crippen LogP) is 2.24. The number of nitrogens with zero attached hydrogens (tertiary/aromatic N) is 3. The van der Waals surface area contributed by atoms with Crippen molar-refractivity contribution in [2.24, 2.45) is 0 Å². The van der Waals surface area contributed by atoms with Gasteiger partial charge in [-0.05, 0) is 28.8 Å². The van der Waals surface area contributed by atoms with Crippen LogP contribution < -0.4 is 0 Å². The number of aromatic carboxylic acids is 1. The van der Waals surface area contributed by atoms with Crippen molar-refractivity contribution in [2.75, 3.05) is 0 Å². The molecule has 1 aromatic rings. The van der Waals surface area contributed by atoms with Crippen LogP contribution in [0.5, 0.6) is 0 Å². The van der Waals surface area contributed by atoms with Gasteiger partial charge in [-0.1, -0.05) is 24.5 Å². The van der Waals surface area contributed by atoms with Crippen LogP contribution in [0, 0.1) is 0 Å². The van der Waals surface area contributed by atoms with Crippen LogP contribution in [-0.4, -0.2) is 26.1 Å². The monoisotopic (exact) mass is 273 g/mol. The van der Waals surface area contributed by atoms with E-state index in [1.165, 1.54) is 19.3 Å². The number of carboxylic acids is 1. The number of hydrogen-bond acceptors (Lipinski definition) is 3. The number of aromatic nitrogens is 3. The average Bonchev–Trinajstić information content (AvgIpc) is 2.61. The number of rotatable bonds is 2. The maximum atomic E-state index is 10.8. The third-order valence-electron chi connectivity index (χ3n) is 2.76. The Bertz CT molecular complexity index is 371. The highest BCUT2D eigenvalue weighted by molar-refractivity contribution is 9.10. The van der Waals surface area contributed by atoms with Crippen LogP contribution in [-0.2, 0) is 0 Å². The van der Waals surface area contributed by atoms with Crippen molar-refractivity contribution in [1.29, 1.82) is 0 Å².